The molecular weight excluding hydrogens is 463 g/mol. The summed E-state index contributed by atoms with van der Waals surface area (Å²) in [5.74, 6) is -1.01. The fourth-order valence-corrected chi connectivity index (χ4v) is 5.47. The predicted octanol–water partition coefficient (Wildman–Crippen LogP) is 2.40. The number of para-hydroxylation sites is 1. The summed E-state index contributed by atoms with van der Waals surface area (Å²) >= 11 is 0. The van der Waals surface area contributed by atoms with E-state index in [0.29, 0.717) is 44.7 Å². The molecule has 8 nitrogen and oxygen atoms in total. The van der Waals surface area contributed by atoms with E-state index in [1.807, 2.05) is 30.3 Å². The predicted molar refractivity (Wildman–Crippen MR) is 132 cm³/mol. The minimum Gasteiger partial charge on any atom is -0.376 e. The van der Waals surface area contributed by atoms with Gasteiger partial charge < -0.3 is 24.8 Å². The quantitative estimate of drug-likeness (QED) is 0.667. The molecule has 1 unspecified atom stereocenters. The zero-order chi connectivity index (χ0) is 25.1. The number of ether oxygens (including phenoxy) is 1. The maximum atomic E-state index is 13.8. The highest BCUT2D eigenvalue weighted by molar-refractivity contribution is 5.97. The van der Waals surface area contributed by atoms with Gasteiger partial charge >= 0.3 is 0 Å². The van der Waals surface area contributed by atoms with E-state index in [2.05, 4.69) is 10.2 Å². The van der Waals surface area contributed by atoms with E-state index in [9.17, 15) is 18.8 Å². The van der Waals surface area contributed by atoms with E-state index in [-0.39, 0.29) is 30.4 Å². The molecule has 0 bridgehead atoms. The summed E-state index contributed by atoms with van der Waals surface area (Å²) in [5.41, 5.74) is 0.362. The number of carbonyl (C=O) groups is 3. The third kappa shape index (κ3) is 4.80. The Hall–Kier alpha value is -3.46. The van der Waals surface area contributed by atoms with Crippen molar-refractivity contribution in [3.05, 3.63) is 66.0 Å². The van der Waals surface area contributed by atoms with E-state index in [4.69, 9.17) is 4.74 Å². The summed E-state index contributed by atoms with van der Waals surface area (Å²) in [4.78, 5) is 44.8. The molecule has 2 aromatic carbocycles. The molecule has 1 atom stereocenters. The van der Waals surface area contributed by atoms with Crippen molar-refractivity contribution >= 4 is 23.4 Å². The molecule has 9 heteroatoms. The molecule has 190 valence electrons. The number of amides is 3. The number of benzene rings is 2. The first-order valence-corrected chi connectivity index (χ1v) is 12.5. The lowest BCUT2D eigenvalue weighted by Crippen LogP contribution is -2.57. The molecule has 3 heterocycles. The van der Waals surface area contributed by atoms with Crippen molar-refractivity contribution in [3.63, 3.8) is 0 Å². The van der Waals surface area contributed by atoms with Gasteiger partial charge in [-0.25, -0.2) is 4.39 Å². The molecule has 3 aliphatic heterocycles. The Labute approximate surface area is 210 Å². The highest BCUT2D eigenvalue weighted by Gasteiger charge is 2.54. The summed E-state index contributed by atoms with van der Waals surface area (Å²) in [5, 5.41) is 2.90. The van der Waals surface area contributed by atoms with Gasteiger partial charge in [0, 0.05) is 37.5 Å². The second-order valence-corrected chi connectivity index (χ2v) is 9.68. The van der Waals surface area contributed by atoms with Gasteiger partial charge in [-0.2, -0.15) is 0 Å². The zero-order valence-electron chi connectivity index (χ0n) is 20.2. The molecule has 1 N–H and O–H groups in total. The van der Waals surface area contributed by atoms with Gasteiger partial charge in [0.05, 0.1) is 12.8 Å². The number of nitrogens with zero attached hydrogens (tertiary/aromatic N) is 3. The highest BCUT2D eigenvalue weighted by Crippen LogP contribution is 2.39. The van der Waals surface area contributed by atoms with Crippen LogP contribution in [0.1, 0.15) is 36.0 Å². The normalized spacial score (nSPS) is 21.3. The van der Waals surface area contributed by atoms with Crippen LogP contribution in [-0.2, 0) is 14.3 Å². The molecule has 1 spiro atoms. The molecule has 36 heavy (non-hydrogen) atoms. The second-order valence-electron chi connectivity index (χ2n) is 9.68. The SMILES string of the molecule is O=C(CN1CN(c2ccccc2)C2(CCN(C(=O)c3cccc(F)c3)CC2)C1=O)NCC1CCCO1. The van der Waals surface area contributed by atoms with Crippen LogP contribution in [0.5, 0.6) is 0 Å². The third-order valence-electron chi connectivity index (χ3n) is 7.42. The number of carbonyl (C=O) groups excluding carboxylic acids is 3. The Kier molecular flexibility index (Phi) is 6.91. The number of piperidine rings is 1. The van der Waals surface area contributed by atoms with Gasteiger partial charge in [-0.05, 0) is 56.0 Å². The number of hydrogen-bond donors (Lipinski definition) is 1. The molecule has 0 aromatic heterocycles. The van der Waals surface area contributed by atoms with Crippen molar-refractivity contribution in [1.29, 1.82) is 0 Å². The van der Waals surface area contributed by atoms with Crippen molar-refractivity contribution in [1.82, 2.24) is 15.1 Å². The van der Waals surface area contributed by atoms with E-state index in [0.717, 1.165) is 25.1 Å². The first-order chi connectivity index (χ1) is 17.5. The van der Waals surface area contributed by atoms with Crippen molar-refractivity contribution in [2.24, 2.45) is 0 Å². The van der Waals surface area contributed by atoms with Gasteiger partial charge in [0.2, 0.25) is 5.91 Å². The zero-order valence-corrected chi connectivity index (χ0v) is 20.2. The molecule has 0 aliphatic carbocycles. The second kappa shape index (κ2) is 10.3. The Balaban J connectivity index is 1.30. The summed E-state index contributed by atoms with van der Waals surface area (Å²) in [7, 11) is 0. The molecular formula is C27H31FN4O4. The number of likely N-dealkylation sites (tertiary alicyclic amines) is 1. The lowest BCUT2D eigenvalue weighted by molar-refractivity contribution is -0.137. The maximum Gasteiger partial charge on any atom is 0.253 e. The summed E-state index contributed by atoms with van der Waals surface area (Å²) in [6.07, 6.45) is 2.82. The summed E-state index contributed by atoms with van der Waals surface area (Å²) < 4.78 is 19.2. The van der Waals surface area contributed by atoms with Gasteiger partial charge in [0.1, 0.15) is 17.9 Å². The first-order valence-electron chi connectivity index (χ1n) is 12.5. The van der Waals surface area contributed by atoms with Crippen LogP contribution < -0.4 is 10.2 Å². The van der Waals surface area contributed by atoms with Gasteiger partial charge in [-0.1, -0.05) is 24.3 Å². The number of hydrogen-bond acceptors (Lipinski definition) is 5. The van der Waals surface area contributed by atoms with Crippen LogP contribution in [0.4, 0.5) is 10.1 Å². The number of rotatable bonds is 6. The molecule has 3 amide bonds. The molecule has 0 saturated carbocycles. The minimum absolute atomic E-state index is 0.0252. The van der Waals surface area contributed by atoms with Gasteiger partial charge in [-0.3, -0.25) is 14.4 Å². The average Bonchev–Trinajstić information content (AvgIpc) is 3.51. The Morgan fingerprint density at radius 2 is 1.86 bits per heavy atom. The standard InChI is InChI=1S/C27H31FN4O4/c28-21-7-4-6-20(16-21)25(34)30-13-11-27(12-14-30)26(35)31(19-32(27)22-8-2-1-3-9-22)18-24(33)29-17-23-10-5-15-36-23/h1-4,6-9,16,23H,5,10-15,17-19H2,(H,29,33). The van der Waals surface area contributed by atoms with Crippen molar-refractivity contribution in [2.45, 2.75) is 37.3 Å². The fraction of sp³-hybridized carbons (Fsp3) is 0.444. The van der Waals surface area contributed by atoms with Crippen molar-refractivity contribution in [2.75, 3.05) is 44.4 Å². The van der Waals surface area contributed by atoms with Gasteiger partial charge in [0.25, 0.3) is 11.8 Å². The van der Waals surface area contributed by atoms with Crippen molar-refractivity contribution < 1.29 is 23.5 Å². The monoisotopic (exact) mass is 494 g/mol. The van der Waals surface area contributed by atoms with Crippen LogP contribution in [0.25, 0.3) is 0 Å². The van der Waals surface area contributed by atoms with Gasteiger partial charge in [0.15, 0.2) is 0 Å². The lowest BCUT2D eigenvalue weighted by atomic mass is 9.85. The molecule has 3 fully saturated rings. The maximum absolute atomic E-state index is 13.8. The van der Waals surface area contributed by atoms with E-state index >= 15 is 0 Å². The smallest absolute Gasteiger partial charge is 0.253 e. The van der Waals surface area contributed by atoms with E-state index in [1.54, 1.807) is 15.9 Å². The van der Waals surface area contributed by atoms with Crippen LogP contribution in [0.2, 0.25) is 0 Å². The fourth-order valence-electron chi connectivity index (χ4n) is 5.47. The molecule has 2 aromatic rings. The van der Waals surface area contributed by atoms with Crippen LogP contribution in [0.15, 0.2) is 54.6 Å². The average molecular weight is 495 g/mol. The largest absolute Gasteiger partial charge is 0.376 e. The minimum atomic E-state index is -0.838. The van der Waals surface area contributed by atoms with Crippen LogP contribution in [0.3, 0.4) is 0 Å². The summed E-state index contributed by atoms with van der Waals surface area (Å²) in [6, 6.07) is 15.4. The highest BCUT2D eigenvalue weighted by atomic mass is 19.1. The number of anilines is 1. The lowest BCUT2D eigenvalue weighted by Gasteiger charge is -2.43. The first kappa shape index (κ1) is 24.2. The van der Waals surface area contributed by atoms with Crippen LogP contribution in [-0.4, -0.2) is 78.6 Å². The van der Waals surface area contributed by atoms with E-state index in [1.165, 1.54) is 18.2 Å². The van der Waals surface area contributed by atoms with Crippen molar-refractivity contribution in [3.8, 4) is 0 Å². The van der Waals surface area contributed by atoms with E-state index < -0.39 is 11.4 Å². The van der Waals surface area contributed by atoms with Gasteiger partial charge in [-0.15, -0.1) is 0 Å². The third-order valence-corrected chi connectivity index (χ3v) is 7.42. The molecule has 3 saturated heterocycles. The Morgan fingerprint density at radius 1 is 1.08 bits per heavy atom. The molecule has 3 aliphatic rings. The topological polar surface area (TPSA) is 82.2 Å². The van der Waals surface area contributed by atoms with Crippen LogP contribution in [0, 0.1) is 5.82 Å². The number of nitrogens with one attached hydrogen (secondary N) is 1. The Bertz CT molecular complexity index is 1110. The number of halogens is 1. The Morgan fingerprint density at radius 3 is 2.56 bits per heavy atom. The molecule has 5 rings (SSSR count). The summed E-state index contributed by atoms with van der Waals surface area (Å²) in [6.45, 7) is 2.17. The molecule has 0 radical (unpaired) electrons. The van der Waals surface area contributed by atoms with Crippen LogP contribution >= 0.6 is 0 Å².